The molecule has 6 aliphatic rings. The van der Waals surface area contributed by atoms with E-state index in [1.54, 1.807) is 0 Å². The Labute approximate surface area is 479 Å². The third kappa shape index (κ3) is 7.75. The van der Waals surface area contributed by atoms with Gasteiger partial charge in [0.05, 0.1) is 39.8 Å². The molecule has 0 saturated carbocycles. The zero-order chi connectivity index (χ0) is 62.7. The summed E-state index contributed by atoms with van der Waals surface area (Å²) in [4.78, 5) is 76.2. The van der Waals surface area contributed by atoms with Crippen molar-refractivity contribution in [1.82, 2.24) is 0 Å². The molecule has 7 atom stereocenters. The molecule has 6 heterocycles. The van der Waals surface area contributed by atoms with Gasteiger partial charge in [0.1, 0.15) is 30.0 Å². The summed E-state index contributed by atoms with van der Waals surface area (Å²) in [5, 5.41) is 228. The van der Waals surface area contributed by atoms with E-state index < -0.39 is 278 Å². The van der Waals surface area contributed by atoms with E-state index in [2.05, 4.69) is 0 Å². The number of rotatable bonds is 2. The number of ether oxygens (including phenoxy) is 6. The van der Waals surface area contributed by atoms with Crippen LogP contribution in [-0.2, 0) is 30.1 Å². The third-order valence-corrected chi connectivity index (χ3v) is 15.5. The minimum atomic E-state index is -3.01. The number of aliphatic hydroxyl groups is 1. The highest BCUT2D eigenvalue weighted by atomic mass is 16.6. The van der Waals surface area contributed by atoms with Gasteiger partial charge in [-0.1, -0.05) is 6.07 Å². The van der Waals surface area contributed by atoms with Crippen LogP contribution in [0.4, 0.5) is 0 Å². The maximum Gasteiger partial charge on any atom is 0.340 e. The van der Waals surface area contributed by atoms with E-state index in [0.29, 0.717) is 18.2 Å². The summed E-state index contributed by atoms with van der Waals surface area (Å²) in [7, 11) is 0. The van der Waals surface area contributed by atoms with E-state index in [1.807, 2.05) is 0 Å². The number of aromatic hydroxyl groups is 19. The molecule has 448 valence electrons. The van der Waals surface area contributed by atoms with Gasteiger partial charge in [0.15, 0.2) is 93.4 Å². The smallest absolute Gasteiger partial charge is 0.340 e. The molecule has 0 radical (unpaired) electrons. The molecule has 0 aliphatic carbocycles. The molecule has 31 heteroatoms. The molecule has 20 N–H and O–H groups in total. The molecule has 87 heavy (non-hydrogen) atoms. The number of carbonyl (C=O) groups excluding carboxylic acids is 5. The number of phenolic OH excluding ortho intramolecular Hbond substituents is 19. The SMILES string of the molecule is O=C1OCC2OC(=O)c3cc(O)c(O)c(O)c3-c3c(O)c(O)c(O)c4c3C(=O)OC(C2OC(=O)c2cc(O)c(O)c(O)c2-c2c1cc(O)c(O)c2O)C1OC(=O)c2c-4c(O)c(O)c(O)c2[C@@H]1c1c(O)cc(O)c2c1O[C@H](c1ccc(O)c(O)c1)[C@@H](O)C2. The Bertz CT molecular complexity index is 4350. The highest BCUT2D eigenvalue weighted by Gasteiger charge is 2.58. The van der Waals surface area contributed by atoms with Crippen LogP contribution in [-0.4, -0.2) is 169 Å². The lowest BCUT2D eigenvalue weighted by Gasteiger charge is -2.43. The van der Waals surface area contributed by atoms with Gasteiger partial charge in [0.2, 0.25) is 28.7 Å². The van der Waals surface area contributed by atoms with Crippen LogP contribution in [0.2, 0.25) is 0 Å². The monoisotopic (exact) mass is 1210 g/mol. The number of hydrogen-bond donors (Lipinski definition) is 20. The van der Waals surface area contributed by atoms with Crippen molar-refractivity contribution in [1.29, 1.82) is 0 Å². The highest BCUT2D eigenvalue weighted by molar-refractivity contribution is 6.17. The number of fused-ring (bicyclic) bond motifs is 8. The second kappa shape index (κ2) is 18.9. The van der Waals surface area contributed by atoms with Gasteiger partial charge >= 0.3 is 29.8 Å². The zero-order valence-corrected chi connectivity index (χ0v) is 42.9. The normalized spacial score (nSPS) is 20.9. The number of benzene rings is 7. The Balaban J connectivity index is 1.24. The van der Waals surface area contributed by atoms with Crippen LogP contribution in [0.5, 0.6) is 115 Å². The molecule has 6 bridgehead atoms. The van der Waals surface area contributed by atoms with Crippen LogP contribution in [0.3, 0.4) is 0 Å². The molecular formula is C56H38O31. The third-order valence-electron chi connectivity index (χ3n) is 15.5. The van der Waals surface area contributed by atoms with E-state index in [9.17, 15) is 107 Å². The van der Waals surface area contributed by atoms with Crippen molar-refractivity contribution in [2.75, 3.05) is 6.61 Å². The molecule has 6 aliphatic heterocycles. The molecule has 0 fully saturated rings. The predicted molar refractivity (Wildman–Crippen MR) is 276 cm³/mol. The summed E-state index contributed by atoms with van der Waals surface area (Å²) in [6, 6.07) is 4.59. The van der Waals surface area contributed by atoms with Crippen molar-refractivity contribution in [2.45, 2.75) is 49.0 Å². The van der Waals surface area contributed by atoms with Gasteiger partial charge in [-0.15, -0.1) is 0 Å². The van der Waals surface area contributed by atoms with Crippen LogP contribution in [0.15, 0.2) is 42.5 Å². The van der Waals surface area contributed by atoms with Gasteiger partial charge in [0.25, 0.3) is 0 Å². The van der Waals surface area contributed by atoms with Crippen molar-refractivity contribution in [2.24, 2.45) is 0 Å². The first-order valence-corrected chi connectivity index (χ1v) is 25.0. The van der Waals surface area contributed by atoms with Gasteiger partial charge < -0.3 is 131 Å². The summed E-state index contributed by atoms with van der Waals surface area (Å²) in [5.74, 6) is -40.6. The second-order valence-electron chi connectivity index (χ2n) is 20.3. The zero-order valence-electron chi connectivity index (χ0n) is 42.9. The molecule has 13 rings (SSSR count). The van der Waals surface area contributed by atoms with E-state index in [0.717, 1.165) is 18.2 Å². The molecule has 0 saturated heterocycles. The summed E-state index contributed by atoms with van der Waals surface area (Å²) in [5.41, 5.74) is -17.4. The van der Waals surface area contributed by atoms with Gasteiger partial charge in [-0.25, -0.2) is 24.0 Å². The lowest BCUT2D eigenvalue weighted by atomic mass is 9.73. The minimum absolute atomic E-state index is 0.140. The first-order valence-electron chi connectivity index (χ1n) is 25.0. The summed E-state index contributed by atoms with van der Waals surface area (Å²) in [6.07, 6.45) is -15.7. The minimum Gasteiger partial charge on any atom is -0.507 e. The summed E-state index contributed by atoms with van der Waals surface area (Å²) in [6.45, 7) is -1.64. The van der Waals surface area contributed by atoms with Crippen LogP contribution < -0.4 is 4.74 Å². The number of esters is 5. The van der Waals surface area contributed by atoms with Crippen molar-refractivity contribution in [3.05, 3.63) is 92.5 Å². The number of phenols is 19. The fourth-order valence-corrected chi connectivity index (χ4v) is 11.6. The molecule has 0 spiro atoms. The van der Waals surface area contributed by atoms with E-state index in [1.165, 1.54) is 0 Å². The van der Waals surface area contributed by atoms with Gasteiger partial charge in [-0.05, 0) is 35.9 Å². The Hall–Kier alpha value is -12.2. The van der Waals surface area contributed by atoms with Crippen LogP contribution in [0.1, 0.15) is 86.1 Å². The molecule has 7 aromatic rings. The largest absolute Gasteiger partial charge is 0.507 e. The number of cyclic esters (lactones) is 1. The highest BCUT2D eigenvalue weighted by Crippen LogP contribution is 2.64. The molecule has 31 nitrogen and oxygen atoms in total. The number of aliphatic hydroxyl groups excluding tert-OH is 1. The molecule has 7 aromatic carbocycles. The maximum atomic E-state index is 15.9. The fourth-order valence-electron chi connectivity index (χ4n) is 11.6. The lowest BCUT2D eigenvalue weighted by molar-refractivity contribution is -0.135. The lowest BCUT2D eigenvalue weighted by Crippen LogP contribution is -2.56. The van der Waals surface area contributed by atoms with Gasteiger partial charge in [-0.2, -0.15) is 0 Å². The Morgan fingerprint density at radius 2 is 0.805 bits per heavy atom. The average Bonchev–Trinajstić information content (AvgIpc) is 1.29. The Morgan fingerprint density at radius 3 is 1.37 bits per heavy atom. The average molecular weight is 1210 g/mol. The van der Waals surface area contributed by atoms with E-state index >= 15 is 19.2 Å². The predicted octanol–water partition coefficient (Wildman–Crippen LogP) is 3.28. The molecule has 4 unspecified atom stereocenters. The molecule has 0 amide bonds. The summed E-state index contributed by atoms with van der Waals surface area (Å²) >= 11 is 0. The van der Waals surface area contributed by atoms with Crippen LogP contribution in [0, 0.1) is 0 Å². The van der Waals surface area contributed by atoms with Crippen molar-refractivity contribution in [3.8, 4) is 148 Å². The van der Waals surface area contributed by atoms with Crippen LogP contribution >= 0.6 is 0 Å². The number of hydrogen-bond acceptors (Lipinski definition) is 31. The fraction of sp³-hybridized carbons (Fsp3) is 0.161. The van der Waals surface area contributed by atoms with E-state index in [-0.39, 0.29) is 11.6 Å². The first kappa shape index (κ1) is 55.4. The topological polar surface area (TPSA) is 545 Å². The maximum absolute atomic E-state index is 15.9. The quantitative estimate of drug-likeness (QED) is 0.0671. The Kier molecular flexibility index (Phi) is 12.1. The van der Waals surface area contributed by atoms with Crippen molar-refractivity contribution >= 4 is 29.8 Å². The second-order valence-corrected chi connectivity index (χ2v) is 20.3. The standard InChI is InChI=1S/C56H38O31/c57-15-2-1-10(3-17(15)59)47-22(64)4-11-16(58)8-18(60)27(48(11)84-47)32-31-34-30(43(73)46(76)44(31)74)29-33-28(41(71)45(75)42(29)72)26-14(7-21(63)37(67)40(26)70)53(78)83-23-9-82-52(77)12-5-19(61)35(65)38(68)24(12)25-13(6-20(62)36(66)39(25)69)54(79)85-49(23)51(87-56(33)81)50(32)86-55(34)80/h1-3,5-8,22-23,32,47,49-51,57-76H,4,9H2/t22-,23?,32-,47+,49?,50?,51?/m0/s1. The van der Waals surface area contributed by atoms with Crippen LogP contribution in [0.25, 0.3) is 33.4 Å². The van der Waals surface area contributed by atoms with Crippen molar-refractivity contribution < 1.29 is 155 Å². The summed E-state index contributed by atoms with van der Waals surface area (Å²) < 4.78 is 35.9. The van der Waals surface area contributed by atoms with Crippen molar-refractivity contribution in [3.63, 3.8) is 0 Å². The molecule has 0 aromatic heterocycles. The first-order chi connectivity index (χ1) is 41.0. The van der Waals surface area contributed by atoms with Gasteiger partial charge in [-0.3, -0.25) is 0 Å². The van der Waals surface area contributed by atoms with Gasteiger partial charge in [0, 0.05) is 62.6 Å². The van der Waals surface area contributed by atoms with E-state index in [4.69, 9.17) is 28.4 Å². The Morgan fingerprint density at radius 1 is 0.345 bits per heavy atom. The number of carbonyl (C=O) groups is 5. The molecular weight excluding hydrogens is 1170 g/mol.